The van der Waals surface area contributed by atoms with Crippen molar-refractivity contribution in [1.29, 1.82) is 0 Å². The van der Waals surface area contributed by atoms with Gasteiger partial charge < -0.3 is 0 Å². The number of rotatable bonds is 2. The summed E-state index contributed by atoms with van der Waals surface area (Å²) >= 11 is 0. The molecule has 0 aliphatic rings. The van der Waals surface area contributed by atoms with E-state index in [1.54, 1.807) is 6.20 Å². The van der Waals surface area contributed by atoms with Crippen LogP contribution in [0, 0.1) is 6.92 Å². The largest absolute Gasteiger partial charge is 0.298 e. The molecule has 0 saturated heterocycles. The molecule has 0 aliphatic heterocycles. The van der Waals surface area contributed by atoms with Gasteiger partial charge in [0.1, 0.15) is 0 Å². The summed E-state index contributed by atoms with van der Waals surface area (Å²) in [6, 6.07) is 11.4. The molecular formula is C13H11NO. The van der Waals surface area contributed by atoms with Crippen molar-refractivity contribution in [3.63, 3.8) is 0 Å². The van der Waals surface area contributed by atoms with Crippen molar-refractivity contribution in [3.05, 3.63) is 53.9 Å². The molecule has 74 valence electrons. The zero-order chi connectivity index (χ0) is 10.7. The van der Waals surface area contributed by atoms with Crippen LogP contribution in [0.25, 0.3) is 11.1 Å². The number of hydrogen-bond acceptors (Lipinski definition) is 2. The van der Waals surface area contributed by atoms with E-state index in [2.05, 4.69) is 4.98 Å². The van der Waals surface area contributed by atoms with Gasteiger partial charge in [0.15, 0.2) is 6.29 Å². The number of hydrogen-bond donors (Lipinski definition) is 0. The zero-order valence-corrected chi connectivity index (χ0v) is 8.47. The van der Waals surface area contributed by atoms with Crippen molar-refractivity contribution in [1.82, 2.24) is 4.98 Å². The normalized spacial score (nSPS) is 9.93. The molecule has 15 heavy (non-hydrogen) atoms. The van der Waals surface area contributed by atoms with Crippen LogP contribution < -0.4 is 0 Å². The van der Waals surface area contributed by atoms with Crippen LogP contribution in [0.4, 0.5) is 0 Å². The Balaban J connectivity index is 2.64. The van der Waals surface area contributed by atoms with E-state index in [1.165, 1.54) is 0 Å². The summed E-state index contributed by atoms with van der Waals surface area (Å²) < 4.78 is 0. The lowest BCUT2D eigenvalue weighted by atomic mass is 10.00. The van der Waals surface area contributed by atoms with E-state index in [4.69, 9.17) is 0 Å². The molecule has 2 heteroatoms. The highest BCUT2D eigenvalue weighted by Crippen LogP contribution is 2.24. The molecule has 0 spiro atoms. The minimum Gasteiger partial charge on any atom is -0.298 e. The molecule has 2 aromatic rings. The Kier molecular flexibility index (Phi) is 2.59. The van der Waals surface area contributed by atoms with E-state index < -0.39 is 0 Å². The number of pyridine rings is 1. The van der Waals surface area contributed by atoms with E-state index in [1.807, 2.05) is 43.3 Å². The summed E-state index contributed by atoms with van der Waals surface area (Å²) in [5, 5.41) is 0. The van der Waals surface area contributed by atoms with Gasteiger partial charge in [-0.25, -0.2) is 0 Å². The second-order valence-electron chi connectivity index (χ2n) is 3.34. The van der Waals surface area contributed by atoms with Crippen LogP contribution >= 0.6 is 0 Å². The lowest BCUT2D eigenvalue weighted by Gasteiger charge is -2.06. The number of carbonyl (C=O) groups is 1. The van der Waals surface area contributed by atoms with E-state index in [0.717, 1.165) is 23.1 Å². The molecule has 1 aromatic carbocycles. The van der Waals surface area contributed by atoms with Gasteiger partial charge in [0.25, 0.3) is 0 Å². The van der Waals surface area contributed by atoms with Gasteiger partial charge >= 0.3 is 0 Å². The second-order valence-corrected chi connectivity index (χ2v) is 3.34. The Morgan fingerprint density at radius 2 is 1.80 bits per heavy atom. The van der Waals surface area contributed by atoms with Crippen molar-refractivity contribution >= 4 is 6.29 Å². The Bertz CT molecular complexity index is 491. The van der Waals surface area contributed by atoms with E-state index in [0.29, 0.717) is 5.56 Å². The highest BCUT2D eigenvalue weighted by atomic mass is 16.1. The van der Waals surface area contributed by atoms with Crippen LogP contribution in [0.3, 0.4) is 0 Å². The molecule has 1 aromatic heterocycles. The molecule has 0 N–H and O–H groups in total. The van der Waals surface area contributed by atoms with Crippen LogP contribution in [0.1, 0.15) is 16.1 Å². The number of benzene rings is 1. The van der Waals surface area contributed by atoms with Crippen LogP contribution in [-0.4, -0.2) is 11.3 Å². The second kappa shape index (κ2) is 4.05. The fourth-order valence-corrected chi connectivity index (χ4v) is 1.61. The third-order valence-electron chi connectivity index (χ3n) is 2.38. The van der Waals surface area contributed by atoms with Crippen molar-refractivity contribution in [2.75, 3.05) is 0 Å². The standard InChI is InChI=1S/C13H11NO/c1-10-12(7-4-8-14-10)13-6-3-2-5-11(13)9-15/h2-9H,1H3. The minimum absolute atomic E-state index is 0.702. The molecule has 0 unspecified atom stereocenters. The van der Waals surface area contributed by atoms with Crippen molar-refractivity contribution in [2.24, 2.45) is 0 Å². The van der Waals surface area contributed by atoms with Gasteiger partial charge in [-0.2, -0.15) is 0 Å². The summed E-state index contributed by atoms with van der Waals surface area (Å²) in [4.78, 5) is 15.1. The van der Waals surface area contributed by atoms with Gasteiger partial charge in [-0.15, -0.1) is 0 Å². The minimum atomic E-state index is 0.702. The van der Waals surface area contributed by atoms with Crippen molar-refractivity contribution < 1.29 is 4.79 Å². The maximum Gasteiger partial charge on any atom is 0.150 e. The quantitative estimate of drug-likeness (QED) is 0.693. The van der Waals surface area contributed by atoms with Crippen LogP contribution in [0.15, 0.2) is 42.6 Å². The Hall–Kier alpha value is -1.96. The van der Waals surface area contributed by atoms with Gasteiger partial charge in [-0.05, 0) is 18.6 Å². The monoisotopic (exact) mass is 197 g/mol. The fraction of sp³-hybridized carbons (Fsp3) is 0.0769. The number of aromatic nitrogens is 1. The molecule has 0 atom stereocenters. The highest BCUT2D eigenvalue weighted by molar-refractivity contribution is 5.87. The lowest BCUT2D eigenvalue weighted by Crippen LogP contribution is -1.91. The molecule has 0 aliphatic carbocycles. The van der Waals surface area contributed by atoms with E-state index in [-0.39, 0.29) is 0 Å². The summed E-state index contributed by atoms with van der Waals surface area (Å²) in [6.45, 7) is 1.94. The number of aldehydes is 1. The molecule has 0 fully saturated rings. The van der Waals surface area contributed by atoms with Crippen molar-refractivity contribution in [2.45, 2.75) is 6.92 Å². The Morgan fingerprint density at radius 1 is 1.07 bits per heavy atom. The first kappa shape index (κ1) is 9.59. The molecule has 2 nitrogen and oxygen atoms in total. The first-order valence-corrected chi connectivity index (χ1v) is 4.79. The topological polar surface area (TPSA) is 30.0 Å². The molecule has 0 saturated carbocycles. The summed E-state index contributed by atoms with van der Waals surface area (Å²) in [6.07, 6.45) is 2.63. The maximum absolute atomic E-state index is 10.9. The first-order chi connectivity index (χ1) is 7.33. The van der Waals surface area contributed by atoms with E-state index in [9.17, 15) is 4.79 Å². The maximum atomic E-state index is 10.9. The van der Waals surface area contributed by atoms with Gasteiger partial charge in [0.2, 0.25) is 0 Å². The third-order valence-corrected chi connectivity index (χ3v) is 2.38. The zero-order valence-electron chi connectivity index (χ0n) is 8.47. The molecule has 2 rings (SSSR count). The number of nitrogens with zero attached hydrogens (tertiary/aromatic N) is 1. The predicted molar refractivity (Wildman–Crippen MR) is 59.8 cm³/mol. The molecule has 1 heterocycles. The van der Waals surface area contributed by atoms with Crippen LogP contribution in [0.2, 0.25) is 0 Å². The highest BCUT2D eigenvalue weighted by Gasteiger charge is 2.05. The third kappa shape index (κ3) is 1.79. The SMILES string of the molecule is Cc1ncccc1-c1ccccc1C=O. The molecule has 0 radical (unpaired) electrons. The Morgan fingerprint density at radius 3 is 2.53 bits per heavy atom. The fourth-order valence-electron chi connectivity index (χ4n) is 1.61. The Labute approximate surface area is 88.6 Å². The molecule has 0 bridgehead atoms. The van der Waals surface area contributed by atoms with Gasteiger partial charge in [-0.1, -0.05) is 30.3 Å². The van der Waals surface area contributed by atoms with E-state index >= 15 is 0 Å². The molecular weight excluding hydrogens is 186 g/mol. The van der Waals surface area contributed by atoms with Crippen LogP contribution in [0.5, 0.6) is 0 Å². The predicted octanol–water partition coefficient (Wildman–Crippen LogP) is 2.87. The summed E-state index contributed by atoms with van der Waals surface area (Å²) in [5.74, 6) is 0. The number of carbonyl (C=O) groups excluding carboxylic acids is 1. The average molecular weight is 197 g/mol. The molecule has 0 amide bonds. The van der Waals surface area contributed by atoms with Crippen molar-refractivity contribution in [3.8, 4) is 11.1 Å². The first-order valence-electron chi connectivity index (χ1n) is 4.79. The van der Waals surface area contributed by atoms with Gasteiger partial charge in [0.05, 0.1) is 0 Å². The summed E-state index contributed by atoms with van der Waals surface area (Å²) in [5.41, 5.74) is 3.60. The van der Waals surface area contributed by atoms with Crippen LogP contribution in [-0.2, 0) is 0 Å². The smallest absolute Gasteiger partial charge is 0.150 e. The average Bonchev–Trinajstić information content (AvgIpc) is 2.30. The van der Waals surface area contributed by atoms with Gasteiger partial charge in [0, 0.05) is 23.0 Å². The van der Waals surface area contributed by atoms with Gasteiger partial charge in [-0.3, -0.25) is 9.78 Å². The number of aryl methyl sites for hydroxylation is 1. The summed E-state index contributed by atoms with van der Waals surface area (Å²) in [7, 11) is 0. The lowest BCUT2D eigenvalue weighted by molar-refractivity contribution is 0.112.